The molecule has 0 bridgehead atoms. The van der Waals surface area contributed by atoms with E-state index in [0.717, 1.165) is 45.6 Å². The zero-order valence-corrected chi connectivity index (χ0v) is 15.0. The molecule has 1 aliphatic heterocycles. The van der Waals surface area contributed by atoms with Gasteiger partial charge in [0, 0.05) is 44.5 Å². The molecule has 0 aromatic heterocycles. The third-order valence-corrected chi connectivity index (χ3v) is 4.87. The van der Waals surface area contributed by atoms with Gasteiger partial charge in [-0.15, -0.1) is 6.58 Å². The molecule has 25 heavy (non-hydrogen) atoms. The van der Waals surface area contributed by atoms with Gasteiger partial charge in [0.2, 0.25) is 0 Å². The standard InChI is InChI=1S/C22H29N3/c1-2-3-9-22(25-16-14-23-15-17-25)20-10-12-21(13-11-20)24-18-19-7-5-4-6-8-19/h2,4-8,10-13,22-24H,1,3,9,14-18H2/t22-/m0/s1. The van der Waals surface area contributed by atoms with Crippen molar-refractivity contribution in [2.75, 3.05) is 31.5 Å². The molecule has 3 nitrogen and oxygen atoms in total. The van der Waals surface area contributed by atoms with E-state index >= 15 is 0 Å². The minimum atomic E-state index is 0.489. The largest absolute Gasteiger partial charge is 0.381 e. The average Bonchev–Trinajstić information content (AvgIpc) is 2.69. The SMILES string of the molecule is C=CCC[C@@H](c1ccc(NCc2ccccc2)cc1)N1CCNCC1. The van der Waals surface area contributed by atoms with Gasteiger partial charge in [0.15, 0.2) is 0 Å². The lowest BCUT2D eigenvalue weighted by molar-refractivity contribution is 0.166. The molecule has 1 aliphatic rings. The smallest absolute Gasteiger partial charge is 0.0400 e. The van der Waals surface area contributed by atoms with Gasteiger partial charge in [-0.25, -0.2) is 0 Å². The topological polar surface area (TPSA) is 27.3 Å². The predicted octanol–water partition coefficient (Wildman–Crippen LogP) is 4.21. The highest BCUT2D eigenvalue weighted by Crippen LogP contribution is 2.27. The van der Waals surface area contributed by atoms with Gasteiger partial charge in [-0.1, -0.05) is 48.5 Å². The lowest BCUT2D eigenvalue weighted by Crippen LogP contribution is -2.45. The summed E-state index contributed by atoms with van der Waals surface area (Å²) in [6, 6.07) is 20.0. The fourth-order valence-corrected chi connectivity index (χ4v) is 3.45. The van der Waals surface area contributed by atoms with Crippen LogP contribution >= 0.6 is 0 Å². The molecule has 2 aromatic carbocycles. The molecule has 0 amide bonds. The highest BCUT2D eigenvalue weighted by molar-refractivity contribution is 5.45. The second-order valence-corrected chi connectivity index (χ2v) is 6.63. The lowest BCUT2D eigenvalue weighted by Gasteiger charge is -2.35. The van der Waals surface area contributed by atoms with Crippen molar-refractivity contribution in [1.82, 2.24) is 10.2 Å². The van der Waals surface area contributed by atoms with E-state index in [1.165, 1.54) is 16.8 Å². The minimum absolute atomic E-state index is 0.489. The van der Waals surface area contributed by atoms with Crippen LogP contribution in [0.4, 0.5) is 5.69 Å². The van der Waals surface area contributed by atoms with Gasteiger partial charge >= 0.3 is 0 Å². The molecule has 1 saturated heterocycles. The number of allylic oxidation sites excluding steroid dienone is 1. The average molecular weight is 335 g/mol. The van der Waals surface area contributed by atoms with Gasteiger partial charge in [0.25, 0.3) is 0 Å². The van der Waals surface area contributed by atoms with E-state index < -0.39 is 0 Å². The van der Waals surface area contributed by atoms with Gasteiger partial charge in [-0.05, 0) is 36.1 Å². The molecule has 2 N–H and O–H groups in total. The summed E-state index contributed by atoms with van der Waals surface area (Å²) in [6.07, 6.45) is 4.23. The summed E-state index contributed by atoms with van der Waals surface area (Å²) in [6.45, 7) is 9.17. The van der Waals surface area contributed by atoms with Crippen LogP contribution in [-0.4, -0.2) is 31.1 Å². The zero-order valence-electron chi connectivity index (χ0n) is 15.0. The first-order chi connectivity index (χ1) is 12.4. The van der Waals surface area contributed by atoms with E-state index in [-0.39, 0.29) is 0 Å². The Morgan fingerprint density at radius 1 is 1.04 bits per heavy atom. The maximum atomic E-state index is 3.90. The highest BCUT2D eigenvalue weighted by atomic mass is 15.2. The first kappa shape index (κ1) is 17.7. The highest BCUT2D eigenvalue weighted by Gasteiger charge is 2.21. The van der Waals surface area contributed by atoms with E-state index in [9.17, 15) is 0 Å². The number of nitrogens with one attached hydrogen (secondary N) is 2. The molecule has 1 heterocycles. The van der Waals surface area contributed by atoms with Crippen molar-refractivity contribution >= 4 is 5.69 Å². The van der Waals surface area contributed by atoms with Gasteiger partial charge in [-0.3, -0.25) is 4.90 Å². The van der Waals surface area contributed by atoms with Gasteiger partial charge < -0.3 is 10.6 Å². The monoisotopic (exact) mass is 335 g/mol. The Morgan fingerprint density at radius 2 is 1.76 bits per heavy atom. The van der Waals surface area contributed by atoms with Crippen molar-refractivity contribution in [2.24, 2.45) is 0 Å². The number of piperazine rings is 1. The summed E-state index contributed by atoms with van der Waals surface area (Å²) in [5.74, 6) is 0. The Hall–Kier alpha value is -2.10. The molecule has 132 valence electrons. The van der Waals surface area contributed by atoms with Gasteiger partial charge in [0.05, 0.1) is 0 Å². The molecule has 0 aliphatic carbocycles. The molecule has 0 saturated carbocycles. The quantitative estimate of drug-likeness (QED) is 0.708. The van der Waals surface area contributed by atoms with E-state index in [0.29, 0.717) is 6.04 Å². The Balaban J connectivity index is 1.64. The zero-order chi connectivity index (χ0) is 17.3. The van der Waals surface area contributed by atoms with Crippen molar-refractivity contribution in [2.45, 2.75) is 25.4 Å². The van der Waals surface area contributed by atoms with Crippen molar-refractivity contribution in [3.8, 4) is 0 Å². The summed E-state index contributed by atoms with van der Waals surface area (Å²) in [7, 11) is 0. The third-order valence-electron chi connectivity index (χ3n) is 4.87. The number of nitrogens with zero attached hydrogens (tertiary/aromatic N) is 1. The number of benzene rings is 2. The number of hydrogen-bond donors (Lipinski definition) is 2. The van der Waals surface area contributed by atoms with Crippen LogP contribution in [0.25, 0.3) is 0 Å². The second-order valence-electron chi connectivity index (χ2n) is 6.63. The van der Waals surface area contributed by atoms with Gasteiger partial charge in [-0.2, -0.15) is 0 Å². The molecule has 0 spiro atoms. The second kappa shape index (κ2) is 9.40. The summed E-state index contributed by atoms with van der Waals surface area (Å²) in [5.41, 5.74) is 3.89. The molecule has 1 atom stereocenters. The Kier molecular flexibility index (Phi) is 6.66. The van der Waals surface area contributed by atoms with Crippen LogP contribution in [-0.2, 0) is 6.54 Å². The van der Waals surface area contributed by atoms with Crippen LogP contribution in [0.3, 0.4) is 0 Å². The fraction of sp³-hybridized carbons (Fsp3) is 0.364. The lowest BCUT2D eigenvalue weighted by atomic mass is 9.99. The maximum Gasteiger partial charge on any atom is 0.0400 e. The van der Waals surface area contributed by atoms with Crippen molar-refractivity contribution in [3.05, 3.63) is 78.4 Å². The first-order valence-corrected chi connectivity index (χ1v) is 9.30. The summed E-state index contributed by atoms with van der Waals surface area (Å²) in [5, 5.41) is 6.96. The Labute approximate surface area is 151 Å². The van der Waals surface area contributed by atoms with Crippen LogP contribution in [0.1, 0.15) is 30.0 Å². The molecular formula is C22H29N3. The van der Waals surface area contributed by atoms with E-state index in [1.54, 1.807) is 0 Å². The molecule has 3 rings (SSSR count). The summed E-state index contributed by atoms with van der Waals surface area (Å²) < 4.78 is 0. The van der Waals surface area contributed by atoms with Crippen molar-refractivity contribution < 1.29 is 0 Å². The Morgan fingerprint density at radius 3 is 2.44 bits per heavy atom. The number of rotatable bonds is 8. The molecule has 2 aromatic rings. The molecule has 0 radical (unpaired) electrons. The van der Waals surface area contributed by atoms with Crippen LogP contribution < -0.4 is 10.6 Å². The maximum absolute atomic E-state index is 3.90. The van der Waals surface area contributed by atoms with E-state index in [2.05, 4.69) is 76.7 Å². The number of hydrogen-bond acceptors (Lipinski definition) is 3. The summed E-state index contributed by atoms with van der Waals surface area (Å²) >= 11 is 0. The third kappa shape index (κ3) is 5.18. The summed E-state index contributed by atoms with van der Waals surface area (Å²) in [4.78, 5) is 2.60. The van der Waals surface area contributed by atoms with Gasteiger partial charge in [0.1, 0.15) is 0 Å². The molecule has 3 heteroatoms. The minimum Gasteiger partial charge on any atom is -0.381 e. The number of anilines is 1. The van der Waals surface area contributed by atoms with Crippen LogP contribution in [0, 0.1) is 0 Å². The molecule has 0 unspecified atom stereocenters. The van der Waals surface area contributed by atoms with Crippen molar-refractivity contribution in [1.29, 1.82) is 0 Å². The van der Waals surface area contributed by atoms with Crippen LogP contribution in [0.2, 0.25) is 0 Å². The molecule has 1 fully saturated rings. The van der Waals surface area contributed by atoms with E-state index in [1.807, 2.05) is 6.08 Å². The molecular weight excluding hydrogens is 306 g/mol. The van der Waals surface area contributed by atoms with Crippen LogP contribution in [0.15, 0.2) is 67.3 Å². The normalized spacial score (nSPS) is 16.3. The Bertz CT molecular complexity index is 630. The predicted molar refractivity (Wildman–Crippen MR) is 107 cm³/mol. The van der Waals surface area contributed by atoms with Crippen LogP contribution in [0.5, 0.6) is 0 Å². The first-order valence-electron chi connectivity index (χ1n) is 9.30. The fourth-order valence-electron chi connectivity index (χ4n) is 3.45. The van der Waals surface area contributed by atoms with Crippen molar-refractivity contribution in [3.63, 3.8) is 0 Å². The van der Waals surface area contributed by atoms with E-state index in [4.69, 9.17) is 0 Å².